The molecule has 0 unspecified atom stereocenters. The topological polar surface area (TPSA) is 21.3 Å². The van der Waals surface area contributed by atoms with E-state index in [0.717, 1.165) is 5.69 Å². The molecule has 1 aromatic rings. The molecule has 0 aliphatic rings. The average molecular weight is 165 g/mol. The Labute approximate surface area is 73.5 Å². The summed E-state index contributed by atoms with van der Waals surface area (Å²) in [6.07, 6.45) is 0. The minimum Gasteiger partial charge on any atom is -0.276 e. The molecule has 0 fully saturated rings. The Morgan fingerprint density at radius 2 is 2.00 bits per heavy atom. The van der Waals surface area contributed by atoms with Gasteiger partial charge in [0.05, 0.1) is 12.3 Å². The van der Waals surface area contributed by atoms with E-state index >= 15 is 0 Å². The second-order valence-corrected chi connectivity index (χ2v) is 2.83. The van der Waals surface area contributed by atoms with Crippen LogP contribution in [0.15, 0.2) is 18.2 Å². The van der Waals surface area contributed by atoms with Crippen LogP contribution in [0.1, 0.15) is 18.1 Å². The van der Waals surface area contributed by atoms with Crippen LogP contribution in [-0.4, -0.2) is 6.61 Å². The Hall–Kier alpha value is -1.02. The van der Waals surface area contributed by atoms with E-state index in [1.54, 1.807) is 0 Å². The second-order valence-electron chi connectivity index (χ2n) is 2.83. The van der Waals surface area contributed by atoms with E-state index in [0.29, 0.717) is 6.61 Å². The van der Waals surface area contributed by atoms with E-state index in [9.17, 15) is 0 Å². The summed E-state index contributed by atoms with van der Waals surface area (Å²) in [4.78, 5) is 5.06. The summed E-state index contributed by atoms with van der Waals surface area (Å²) in [6.45, 7) is 6.81. The molecule has 0 radical (unpaired) electrons. The van der Waals surface area contributed by atoms with E-state index in [1.165, 1.54) is 11.1 Å². The third kappa shape index (κ3) is 2.24. The van der Waals surface area contributed by atoms with Crippen LogP contribution in [0.2, 0.25) is 0 Å². The Morgan fingerprint density at radius 1 is 1.25 bits per heavy atom. The smallest absolute Gasteiger partial charge is 0.0717 e. The molecule has 0 atom stereocenters. The highest BCUT2D eigenvalue weighted by Gasteiger charge is 1.94. The summed E-state index contributed by atoms with van der Waals surface area (Å²) in [5.74, 6) is 0. The fourth-order valence-corrected chi connectivity index (χ4v) is 0.960. The molecule has 2 heteroatoms. The SMILES string of the molecule is CCONc1ccc(C)c(C)c1. The highest BCUT2D eigenvalue weighted by atomic mass is 16.6. The minimum atomic E-state index is 0.674. The third-order valence-electron chi connectivity index (χ3n) is 1.84. The average Bonchev–Trinajstić information content (AvgIpc) is 2.07. The van der Waals surface area contributed by atoms with Crippen molar-refractivity contribution in [2.24, 2.45) is 0 Å². The van der Waals surface area contributed by atoms with Gasteiger partial charge in [-0.1, -0.05) is 6.07 Å². The van der Waals surface area contributed by atoms with E-state index in [1.807, 2.05) is 13.0 Å². The van der Waals surface area contributed by atoms with Gasteiger partial charge in [0.1, 0.15) is 0 Å². The summed E-state index contributed by atoms with van der Waals surface area (Å²) in [6, 6.07) is 6.17. The van der Waals surface area contributed by atoms with E-state index in [2.05, 4.69) is 31.5 Å². The summed E-state index contributed by atoms with van der Waals surface area (Å²) < 4.78 is 0. The zero-order chi connectivity index (χ0) is 8.97. The van der Waals surface area contributed by atoms with Crippen molar-refractivity contribution in [2.45, 2.75) is 20.8 Å². The maximum atomic E-state index is 5.06. The Morgan fingerprint density at radius 3 is 2.58 bits per heavy atom. The lowest BCUT2D eigenvalue weighted by atomic mass is 10.1. The first-order valence-electron chi connectivity index (χ1n) is 4.19. The maximum absolute atomic E-state index is 5.06. The molecule has 1 N–H and O–H groups in total. The lowest BCUT2D eigenvalue weighted by Crippen LogP contribution is -2.00. The molecule has 0 saturated carbocycles. The Bertz CT molecular complexity index is 258. The minimum absolute atomic E-state index is 0.674. The zero-order valence-corrected chi connectivity index (χ0v) is 7.85. The number of nitrogens with one attached hydrogen (secondary N) is 1. The molecule has 0 saturated heterocycles. The molecule has 0 spiro atoms. The molecule has 1 aromatic carbocycles. The number of benzene rings is 1. The van der Waals surface area contributed by atoms with Crippen LogP contribution < -0.4 is 5.48 Å². The van der Waals surface area contributed by atoms with Crippen molar-refractivity contribution in [3.8, 4) is 0 Å². The van der Waals surface area contributed by atoms with Crippen LogP contribution in [0.25, 0.3) is 0 Å². The molecule has 0 heterocycles. The number of aryl methyl sites for hydroxylation is 2. The molecule has 0 bridgehead atoms. The lowest BCUT2D eigenvalue weighted by molar-refractivity contribution is 0.210. The van der Waals surface area contributed by atoms with Crippen molar-refractivity contribution in [3.05, 3.63) is 29.3 Å². The zero-order valence-electron chi connectivity index (χ0n) is 7.85. The fraction of sp³-hybridized carbons (Fsp3) is 0.400. The molecule has 66 valence electrons. The first kappa shape index (κ1) is 9.07. The van der Waals surface area contributed by atoms with Crippen LogP contribution in [0, 0.1) is 13.8 Å². The summed E-state index contributed by atoms with van der Waals surface area (Å²) in [5.41, 5.74) is 6.46. The summed E-state index contributed by atoms with van der Waals surface area (Å²) >= 11 is 0. The Kier molecular flexibility index (Phi) is 3.11. The van der Waals surface area contributed by atoms with Crippen LogP contribution in [0.3, 0.4) is 0 Å². The monoisotopic (exact) mass is 165 g/mol. The van der Waals surface area contributed by atoms with Gasteiger partial charge in [-0.3, -0.25) is 10.3 Å². The number of hydrogen-bond acceptors (Lipinski definition) is 2. The number of rotatable bonds is 3. The third-order valence-corrected chi connectivity index (χ3v) is 1.84. The van der Waals surface area contributed by atoms with Crippen molar-refractivity contribution >= 4 is 5.69 Å². The van der Waals surface area contributed by atoms with Crippen molar-refractivity contribution in [2.75, 3.05) is 12.1 Å². The highest BCUT2D eigenvalue weighted by Crippen LogP contribution is 2.13. The quantitative estimate of drug-likeness (QED) is 0.695. The molecule has 0 amide bonds. The molecule has 12 heavy (non-hydrogen) atoms. The first-order valence-corrected chi connectivity index (χ1v) is 4.19. The van der Waals surface area contributed by atoms with Crippen LogP contribution in [-0.2, 0) is 4.84 Å². The molecule has 1 rings (SSSR count). The predicted octanol–water partition coefficient (Wildman–Crippen LogP) is 2.67. The standard InChI is InChI=1S/C10H15NO/c1-4-12-11-10-6-5-8(2)9(3)7-10/h5-7,11H,4H2,1-3H3. The van der Waals surface area contributed by atoms with Crippen molar-refractivity contribution in [3.63, 3.8) is 0 Å². The van der Waals surface area contributed by atoms with Gasteiger partial charge in [0, 0.05) is 0 Å². The number of anilines is 1. The van der Waals surface area contributed by atoms with Gasteiger partial charge < -0.3 is 0 Å². The lowest BCUT2D eigenvalue weighted by Gasteiger charge is -2.06. The van der Waals surface area contributed by atoms with Gasteiger partial charge in [-0.2, -0.15) is 0 Å². The van der Waals surface area contributed by atoms with Gasteiger partial charge in [-0.15, -0.1) is 0 Å². The van der Waals surface area contributed by atoms with Gasteiger partial charge in [-0.05, 0) is 44.0 Å². The summed E-state index contributed by atoms with van der Waals surface area (Å²) in [7, 11) is 0. The summed E-state index contributed by atoms with van der Waals surface area (Å²) in [5, 5.41) is 0. The van der Waals surface area contributed by atoms with Gasteiger partial charge >= 0.3 is 0 Å². The Balaban J connectivity index is 2.69. The second kappa shape index (κ2) is 4.12. The molecule has 2 nitrogen and oxygen atoms in total. The van der Waals surface area contributed by atoms with Crippen LogP contribution >= 0.6 is 0 Å². The predicted molar refractivity (Wildman–Crippen MR) is 51.2 cm³/mol. The van der Waals surface area contributed by atoms with E-state index in [4.69, 9.17) is 4.84 Å². The maximum Gasteiger partial charge on any atom is 0.0717 e. The van der Waals surface area contributed by atoms with E-state index in [-0.39, 0.29) is 0 Å². The largest absolute Gasteiger partial charge is 0.276 e. The fourth-order valence-electron chi connectivity index (χ4n) is 0.960. The molecule has 0 aromatic heterocycles. The highest BCUT2D eigenvalue weighted by molar-refractivity contribution is 5.46. The van der Waals surface area contributed by atoms with Gasteiger partial charge in [-0.25, -0.2) is 0 Å². The first-order chi connectivity index (χ1) is 5.74. The van der Waals surface area contributed by atoms with Gasteiger partial charge in [0.2, 0.25) is 0 Å². The van der Waals surface area contributed by atoms with Crippen LogP contribution in [0.4, 0.5) is 5.69 Å². The van der Waals surface area contributed by atoms with Gasteiger partial charge in [0.25, 0.3) is 0 Å². The van der Waals surface area contributed by atoms with Crippen molar-refractivity contribution in [1.29, 1.82) is 0 Å². The molecule has 0 aliphatic heterocycles. The number of hydrogen-bond donors (Lipinski definition) is 1. The van der Waals surface area contributed by atoms with Crippen LogP contribution in [0.5, 0.6) is 0 Å². The molecular weight excluding hydrogens is 150 g/mol. The van der Waals surface area contributed by atoms with Crippen molar-refractivity contribution < 1.29 is 4.84 Å². The van der Waals surface area contributed by atoms with Crippen molar-refractivity contribution in [1.82, 2.24) is 0 Å². The molecule has 0 aliphatic carbocycles. The molecular formula is C10H15NO. The van der Waals surface area contributed by atoms with E-state index < -0.39 is 0 Å². The van der Waals surface area contributed by atoms with Gasteiger partial charge in [0.15, 0.2) is 0 Å². The normalized spacial score (nSPS) is 9.92.